The molecule has 1 fully saturated rings. The van der Waals surface area contributed by atoms with Crippen LogP contribution in [0.4, 0.5) is 0 Å². The van der Waals surface area contributed by atoms with Gasteiger partial charge in [0.2, 0.25) is 15.9 Å². The van der Waals surface area contributed by atoms with Gasteiger partial charge in [0, 0.05) is 13.1 Å². The van der Waals surface area contributed by atoms with E-state index in [1.165, 1.54) is 4.31 Å². The number of carbonyl (C=O) groups excluding carboxylic acids is 1. The summed E-state index contributed by atoms with van der Waals surface area (Å²) in [5.74, 6) is 0.186. The maximum Gasteiger partial charge on any atom is 0.243 e. The molecule has 156 valence electrons. The third kappa shape index (κ3) is 4.79. The van der Waals surface area contributed by atoms with Crippen LogP contribution in [-0.4, -0.2) is 38.8 Å². The van der Waals surface area contributed by atoms with E-state index in [0.29, 0.717) is 25.1 Å². The number of carbonyl (C=O) groups is 1. The highest BCUT2D eigenvalue weighted by atomic mass is 32.2. The minimum absolute atomic E-state index is 0.104. The van der Waals surface area contributed by atoms with Gasteiger partial charge < -0.3 is 10.1 Å². The first kappa shape index (κ1) is 21.3. The topological polar surface area (TPSA) is 75.7 Å². The van der Waals surface area contributed by atoms with Gasteiger partial charge in [-0.3, -0.25) is 4.79 Å². The molecule has 1 aliphatic rings. The van der Waals surface area contributed by atoms with Gasteiger partial charge in [0.1, 0.15) is 5.75 Å². The van der Waals surface area contributed by atoms with E-state index in [1.807, 2.05) is 44.2 Å². The van der Waals surface area contributed by atoms with Crippen LogP contribution in [0, 0.1) is 12.8 Å². The molecule has 1 N–H and O–H groups in total. The number of piperidine rings is 1. The van der Waals surface area contributed by atoms with Crippen LogP contribution < -0.4 is 10.1 Å². The quantitative estimate of drug-likeness (QED) is 0.784. The lowest BCUT2D eigenvalue weighted by molar-refractivity contribution is -0.126. The molecule has 29 heavy (non-hydrogen) atoms. The van der Waals surface area contributed by atoms with Crippen LogP contribution in [0.25, 0.3) is 0 Å². The number of hydrogen-bond acceptors (Lipinski definition) is 4. The molecule has 1 amide bonds. The number of aryl methyl sites for hydroxylation is 1. The molecule has 2 aromatic rings. The summed E-state index contributed by atoms with van der Waals surface area (Å²) in [4.78, 5) is 13.0. The van der Waals surface area contributed by atoms with Crippen molar-refractivity contribution in [2.24, 2.45) is 5.92 Å². The number of ether oxygens (including phenoxy) is 1. The third-order valence-electron chi connectivity index (χ3n) is 5.42. The molecule has 0 bridgehead atoms. The van der Waals surface area contributed by atoms with Crippen LogP contribution in [0.2, 0.25) is 0 Å². The molecule has 1 aliphatic heterocycles. The predicted octanol–water partition coefficient (Wildman–Crippen LogP) is 3.28. The fourth-order valence-corrected chi connectivity index (χ4v) is 5.30. The Labute approximate surface area is 172 Å². The number of rotatable bonds is 6. The Morgan fingerprint density at radius 1 is 1.21 bits per heavy atom. The highest BCUT2D eigenvalue weighted by Gasteiger charge is 2.34. The molecule has 0 unspecified atom stereocenters. The van der Waals surface area contributed by atoms with Crippen molar-refractivity contribution in [3.05, 3.63) is 59.7 Å². The van der Waals surface area contributed by atoms with E-state index < -0.39 is 10.0 Å². The summed E-state index contributed by atoms with van der Waals surface area (Å²) in [6.07, 6.45) is 1.34. The van der Waals surface area contributed by atoms with Crippen LogP contribution in [0.1, 0.15) is 36.9 Å². The Balaban J connectivity index is 1.71. The molecular weight excluding hydrogens is 388 g/mol. The number of nitrogens with zero attached hydrogens (tertiary/aromatic N) is 1. The fraction of sp³-hybridized carbons (Fsp3) is 0.409. The molecule has 0 spiro atoms. The number of benzene rings is 2. The van der Waals surface area contributed by atoms with Crippen molar-refractivity contribution < 1.29 is 17.9 Å². The van der Waals surface area contributed by atoms with Crippen molar-refractivity contribution in [1.82, 2.24) is 9.62 Å². The molecule has 7 heteroatoms. The summed E-state index contributed by atoms with van der Waals surface area (Å²) in [7, 11) is -2.10. The lowest BCUT2D eigenvalue weighted by Crippen LogP contribution is -2.45. The van der Waals surface area contributed by atoms with Crippen LogP contribution >= 0.6 is 0 Å². The Kier molecular flexibility index (Phi) is 6.59. The van der Waals surface area contributed by atoms with Crippen molar-refractivity contribution in [3.8, 4) is 5.75 Å². The molecular formula is C22H28N2O4S. The van der Waals surface area contributed by atoms with E-state index in [2.05, 4.69) is 5.32 Å². The second-order valence-corrected chi connectivity index (χ2v) is 9.41. The zero-order valence-electron chi connectivity index (χ0n) is 17.1. The minimum Gasteiger partial charge on any atom is -0.496 e. The van der Waals surface area contributed by atoms with Crippen molar-refractivity contribution in [3.63, 3.8) is 0 Å². The van der Waals surface area contributed by atoms with Gasteiger partial charge in [-0.1, -0.05) is 30.3 Å². The molecule has 0 aliphatic carbocycles. The average molecular weight is 417 g/mol. The second-order valence-electron chi connectivity index (χ2n) is 7.47. The highest BCUT2D eigenvalue weighted by Crippen LogP contribution is 2.27. The molecule has 2 aromatic carbocycles. The van der Waals surface area contributed by atoms with Gasteiger partial charge >= 0.3 is 0 Å². The molecule has 2 atom stereocenters. The Morgan fingerprint density at radius 2 is 1.93 bits per heavy atom. The predicted molar refractivity (Wildman–Crippen MR) is 112 cm³/mol. The zero-order valence-corrected chi connectivity index (χ0v) is 17.9. The van der Waals surface area contributed by atoms with Crippen LogP contribution in [-0.2, 0) is 14.8 Å². The monoisotopic (exact) mass is 416 g/mol. The summed E-state index contributed by atoms with van der Waals surface area (Å²) in [6.45, 7) is 4.37. The first-order valence-corrected chi connectivity index (χ1v) is 11.3. The van der Waals surface area contributed by atoms with Crippen LogP contribution in [0.3, 0.4) is 0 Å². The molecule has 0 aromatic heterocycles. The molecule has 1 saturated heterocycles. The van der Waals surface area contributed by atoms with Crippen LogP contribution in [0.5, 0.6) is 5.75 Å². The van der Waals surface area contributed by atoms with Crippen LogP contribution in [0.15, 0.2) is 53.4 Å². The van der Waals surface area contributed by atoms with Gasteiger partial charge in [0.05, 0.1) is 24.0 Å². The van der Waals surface area contributed by atoms with E-state index in [0.717, 1.165) is 11.1 Å². The maximum atomic E-state index is 13.1. The maximum absolute atomic E-state index is 13.1. The standard InChI is InChI=1S/C22H28N2O4S/c1-16-14-20(11-12-21(16)28-3)29(26,27)24-13-7-10-19(15-24)22(25)23-17(2)18-8-5-4-6-9-18/h4-6,8-9,11-12,14,17,19H,7,10,13,15H2,1-3H3,(H,23,25)/t17-,19-/m0/s1. The van der Waals surface area contributed by atoms with Crippen molar-refractivity contribution in [1.29, 1.82) is 0 Å². The third-order valence-corrected chi connectivity index (χ3v) is 7.28. The van der Waals surface area contributed by atoms with Gasteiger partial charge in [-0.2, -0.15) is 4.31 Å². The van der Waals surface area contributed by atoms with E-state index >= 15 is 0 Å². The van der Waals surface area contributed by atoms with Gasteiger partial charge in [-0.25, -0.2) is 8.42 Å². The SMILES string of the molecule is COc1ccc(S(=O)(=O)N2CCC[C@H](C(=O)N[C@@H](C)c3ccccc3)C2)cc1C. The largest absolute Gasteiger partial charge is 0.496 e. The molecule has 6 nitrogen and oxygen atoms in total. The Hall–Kier alpha value is -2.38. The zero-order chi connectivity index (χ0) is 21.0. The Bertz CT molecular complexity index is 960. The van der Waals surface area contributed by atoms with Gasteiger partial charge in [0.15, 0.2) is 0 Å². The van der Waals surface area contributed by atoms with E-state index in [-0.39, 0.29) is 29.3 Å². The average Bonchev–Trinajstić information content (AvgIpc) is 2.74. The first-order chi connectivity index (χ1) is 13.8. The lowest BCUT2D eigenvalue weighted by Gasteiger charge is -2.32. The molecule has 3 rings (SSSR count). The summed E-state index contributed by atoms with van der Waals surface area (Å²) in [5.41, 5.74) is 1.78. The number of amides is 1. The summed E-state index contributed by atoms with van der Waals surface area (Å²) in [5, 5.41) is 3.02. The fourth-order valence-electron chi connectivity index (χ4n) is 3.69. The molecule has 0 radical (unpaired) electrons. The van der Waals surface area contributed by atoms with Crippen molar-refractivity contribution in [2.45, 2.75) is 37.6 Å². The minimum atomic E-state index is -3.66. The number of sulfonamides is 1. The number of hydrogen-bond donors (Lipinski definition) is 1. The molecule has 1 heterocycles. The number of methoxy groups -OCH3 is 1. The van der Waals surface area contributed by atoms with Crippen molar-refractivity contribution >= 4 is 15.9 Å². The van der Waals surface area contributed by atoms with E-state index in [4.69, 9.17) is 4.74 Å². The Morgan fingerprint density at radius 3 is 2.59 bits per heavy atom. The summed E-state index contributed by atoms with van der Waals surface area (Å²) >= 11 is 0. The lowest BCUT2D eigenvalue weighted by atomic mass is 9.98. The normalized spacial score (nSPS) is 18.8. The van der Waals surface area contributed by atoms with E-state index in [1.54, 1.807) is 25.3 Å². The molecule has 0 saturated carbocycles. The summed E-state index contributed by atoms with van der Waals surface area (Å²) in [6, 6.07) is 14.5. The number of nitrogens with one attached hydrogen (secondary N) is 1. The van der Waals surface area contributed by atoms with E-state index in [9.17, 15) is 13.2 Å². The second kappa shape index (κ2) is 8.97. The first-order valence-electron chi connectivity index (χ1n) is 9.83. The highest BCUT2D eigenvalue weighted by molar-refractivity contribution is 7.89. The summed E-state index contributed by atoms with van der Waals surface area (Å²) < 4.78 is 32.9. The van der Waals surface area contributed by atoms with Gasteiger partial charge in [-0.05, 0) is 56.0 Å². The smallest absolute Gasteiger partial charge is 0.243 e. The van der Waals surface area contributed by atoms with Gasteiger partial charge in [0.25, 0.3) is 0 Å². The van der Waals surface area contributed by atoms with Crippen molar-refractivity contribution in [2.75, 3.05) is 20.2 Å². The van der Waals surface area contributed by atoms with Gasteiger partial charge in [-0.15, -0.1) is 0 Å².